The summed E-state index contributed by atoms with van der Waals surface area (Å²) in [6.45, 7) is 1.51. The van der Waals surface area contributed by atoms with Crippen molar-refractivity contribution in [2.45, 2.75) is 44.9 Å². The molecular weight excluding hydrogens is 244 g/mol. The highest BCUT2D eigenvalue weighted by Gasteiger charge is 2.37. The molecule has 1 saturated heterocycles. The minimum absolute atomic E-state index is 0.0311. The summed E-state index contributed by atoms with van der Waals surface area (Å²) in [5.41, 5.74) is 5.86. The fourth-order valence-electron chi connectivity index (χ4n) is 3.38. The minimum Gasteiger partial charge on any atom is -0.481 e. The predicted octanol–water partition coefficient (Wildman–Crippen LogP) is 1.22. The molecule has 0 aromatic rings. The lowest BCUT2D eigenvalue weighted by Gasteiger charge is -2.36. The Hall–Kier alpha value is -1.10. The first-order chi connectivity index (χ1) is 9.06. The lowest BCUT2D eigenvalue weighted by Crippen LogP contribution is -2.40. The number of amides is 1. The summed E-state index contributed by atoms with van der Waals surface area (Å²) >= 11 is 0. The molecule has 1 aliphatic heterocycles. The van der Waals surface area contributed by atoms with E-state index >= 15 is 0 Å². The van der Waals surface area contributed by atoms with Crippen molar-refractivity contribution in [3.63, 3.8) is 0 Å². The number of hydrogen-bond donors (Lipinski definition) is 2. The molecule has 5 nitrogen and oxygen atoms in total. The van der Waals surface area contributed by atoms with Crippen LogP contribution in [-0.2, 0) is 9.59 Å². The van der Waals surface area contributed by atoms with Crippen LogP contribution in [0.2, 0.25) is 0 Å². The van der Waals surface area contributed by atoms with Gasteiger partial charge in [-0.15, -0.1) is 0 Å². The second kappa shape index (κ2) is 5.90. The highest BCUT2D eigenvalue weighted by atomic mass is 16.4. The van der Waals surface area contributed by atoms with Gasteiger partial charge in [-0.2, -0.15) is 0 Å². The Labute approximate surface area is 114 Å². The number of carbonyl (C=O) groups is 2. The van der Waals surface area contributed by atoms with E-state index in [9.17, 15) is 9.59 Å². The van der Waals surface area contributed by atoms with Crippen LogP contribution in [0, 0.1) is 11.3 Å². The van der Waals surface area contributed by atoms with Gasteiger partial charge in [-0.3, -0.25) is 9.59 Å². The smallest absolute Gasteiger partial charge is 0.308 e. The zero-order valence-corrected chi connectivity index (χ0v) is 11.4. The molecule has 1 amide bonds. The first-order valence-corrected chi connectivity index (χ1v) is 7.27. The van der Waals surface area contributed by atoms with Crippen LogP contribution in [0.5, 0.6) is 0 Å². The fraction of sp³-hybridized carbons (Fsp3) is 0.857. The Morgan fingerprint density at radius 3 is 2.47 bits per heavy atom. The molecule has 0 spiro atoms. The average Bonchev–Trinajstić information content (AvgIpc) is 2.89. The molecule has 0 aromatic carbocycles. The van der Waals surface area contributed by atoms with Crippen LogP contribution in [0.3, 0.4) is 0 Å². The second-order valence-corrected chi connectivity index (χ2v) is 6.11. The largest absolute Gasteiger partial charge is 0.481 e. The quantitative estimate of drug-likeness (QED) is 0.803. The summed E-state index contributed by atoms with van der Waals surface area (Å²) in [7, 11) is 0. The normalized spacial score (nSPS) is 26.4. The van der Waals surface area contributed by atoms with Crippen LogP contribution in [0.1, 0.15) is 44.9 Å². The van der Waals surface area contributed by atoms with Crippen molar-refractivity contribution in [2.24, 2.45) is 17.1 Å². The van der Waals surface area contributed by atoms with Crippen molar-refractivity contribution in [3.8, 4) is 0 Å². The fourth-order valence-corrected chi connectivity index (χ4v) is 3.38. The van der Waals surface area contributed by atoms with E-state index in [2.05, 4.69) is 0 Å². The minimum atomic E-state index is -0.790. The van der Waals surface area contributed by atoms with Crippen LogP contribution in [0.4, 0.5) is 0 Å². The molecule has 1 heterocycles. The maximum absolute atomic E-state index is 12.3. The standard InChI is InChI=1S/C14H24N2O3/c15-10-14(5-2-1-3-6-14)8-12(17)16-7-4-11(9-16)13(18)19/h11H,1-10,15H2,(H,18,19). The summed E-state index contributed by atoms with van der Waals surface area (Å²) in [6, 6.07) is 0. The predicted molar refractivity (Wildman–Crippen MR) is 71.5 cm³/mol. The summed E-state index contributed by atoms with van der Waals surface area (Å²) in [5, 5.41) is 8.97. The molecule has 1 saturated carbocycles. The summed E-state index contributed by atoms with van der Waals surface area (Å²) < 4.78 is 0. The maximum atomic E-state index is 12.3. The molecule has 5 heteroatoms. The van der Waals surface area contributed by atoms with Gasteiger partial charge < -0.3 is 15.7 Å². The highest BCUT2D eigenvalue weighted by Crippen LogP contribution is 2.39. The first-order valence-electron chi connectivity index (χ1n) is 7.27. The van der Waals surface area contributed by atoms with Crippen molar-refractivity contribution in [2.75, 3.05) is 19.6 Å². The third-order valence-electron chi connectivity index (χ3n) is 4.76. The number of nitrogens with zero attached hydrogens (tertiary/aromatic N) is 1. The van der Waals surface area contributed by atoms with Gasteiger partial charge in [-0.05, 0) is 31.2 Å². The Bertz CT molecular complexity index is 351. The van der Waals surface area contributed by atoms with Gasteiger partial charge in [0.15, 0.2) is 0 Å². The monoisotopic (exact) mass is 268 g/mol. The lowest BCUT2D eigenvalue weighted by molar-refractivity contribution is -0.141. The summed E-state index contributed by atoms with van der Waals surface area (Å²) in [6.07, 6.45) is 6.69. The van der Waals surface area contributed by atoms with Crippen molar-refractivity contribution < 1.29 is 14.7 Å². The zero-order chi connectivity index (χ0) is 13.9. The topological polar surface area (TPSA) is 83.6 Å². The van der Waals surface area contributed by atoms with E-state index in [1.165, 1.54) is 6.42 Å². The van der Waals surface area contributed by atoms with E-state index in [0.29, 0.717) is 32.5 Å². The van der Waals surface area contributed by atoms with Gasteiger partial charge in [-0.1, -0.05) is 19.3 Å². The lowest BCUT2D eigenvalue weighted by atomic mass is 9.71. The molecule has 2 fully saturated rings. The van der Waals surface area contributed by atoms with Crippen molar-refractivity contribution in [1.29, 1.82) is 0 Å². The van der Waals surface area contributed by atoms with E-state index < -0.39 is 5.97 Å². The number of aliphatic carboxylic acids is 1. The van der Waals surface area contributed by atoms with E-state index in [1.54, 1.807) is 4.90 Å². The molecule has 0 radical (unpaired) electrons. The summed E-state index contributed by atoms with van der Waals surface area (Å²) in [5.74, 6) is -1.08. The number of likely N-dealkylation sites (tertiary alicyclic amines) is 1. The number of hydrogen-bond acceptors (Lipinski definition) is 3. The van der Waals surface area contributed by atoms with E-state index in [-0.39, 0.29) is 17.2 Å². The van der Waals surface area contributed by atoms with Gasteiger partial charge in [0.2, 0.25) is 5.91 Å². The summed E-state index contributed by atoms with van der Waals surface area (Å²) in [4.78, 5) is 25.0. The van der Waals surface area contributed by atoms with Gasteiger partial charge in [0.25, 0.3) is 0 Å². The molecule has 1 atom stereocenters. The molecule has 2 aliphatic rings. The Morgan fingerprint density at radius 2 is 1.95 bits per heavy atom. The maximum Gasteiger partial charge on any atom is 0.308 e. The molecule has 1 aliphatic carbocycles. The molecule has 0 aromatic heterocycles. The number of carboxylic acid groups (broad SMARTS) is 1. The molecule has 0 bridgehead atoms. The van der Waals surface area contributed by atoms with Crippen LogP contribution in [0.25, 0.3) is 0 Å². The highest BCUT2D eigenvalue weighted by molar-refractivity contribution is 5.79. The number of carbonyl (C=O) groups excluding carboxylic acids is 1. The third-order valence-corrected chi connectivity index (χ3v) is 4.76. The molecular formula is C14H24N2O3. The Morgan fingerprint density at radius 1 is 1.26 bits per heavy atom. The van der Waals surface area contributed by atoms with Crippen molar-refractivity contribution >= 4 is 11.9 Å². The SMILES string of the molecule is NCC1(CC(=O)N2CCC(C(=O)O)C2)CCCCC1. The molecule has 1 unspecified atom stereocenters. The number of nitrogens with two attached hydrogens (primary N) is 1. The zero-order valence-electron chi connectivity index (χ0n) is 11.4. The van der Waals surface area contributed by atoms with Crippen LogP contribution < -0.4 is 5.73 Å². The number of carboxylic acids is 1. The van der Waals surface area contributed by atoms with Gasteiger partial charge in [0.05, 0.1) is 5.92 Å². The molecule has 2 rings (SSSR count). The van der Waals surface area contributed by atoms with E-state index in [0.717, 1.165) is 25.7 Å². The van der Waals surface area contributed by atoms with Crippen molar-refractivity contribution in [3.05, 3.63) is 0 Å². The second-order valence-electron chi connectivity index (χ2n) is 6.11. The molecule has 3 N–H and O–H groups in total. The average molecular weight is 268 g/mol. The number of rotatable bonds is 4. The van der Waals surface area contributed by atoms with Gasteiger partial charge >= 0.3 is 5.97 Å². The van der Waals surface area contributed by atoms with Crippen LogP contribution in [-0.4, -0.2) is 41.5 Å². The van der Waals surface area contributed by atoms with E-state index in [1.807, 2.05) is 0 Å². The van der Waals surface area contributed by atoms with Crippen molar-refractivity contribution in [1.82, 2.24) is 4.90 Å². The van der Waals surface area contributed by atoms with Gasteiger partial charge in [0.1, 0.15) is 0 Å². The van der Waals surface area contributed by atoms with Gasteiger partial charge in [-0.25, -0.2) is 0 Å². The third kappa shape index (κ3) is 3.26. The van der Waals surface area contributed by atoms with Crippen LogP contribution >= 0.6 is 0 Å². The van der Waals surface area contributed by atoms with Gasteiger partial charge in [0, 0.05) is 19.5 Å². The molecule has 108 valence electrons. The first kappa shape index (κ1) is 14.3. The Balaban J connectivity index is 1.91. The molecule has 19 heavy (non-hydrogen) atoms. The Kier molecular flexibility index (Phi) is 4.45. The van der Waals surface area contributed by atoms with Crippen LogP contribution in [0.15, 0.2) is 0 Å². The van der Waals surface area contributed by atoms with E-state index in [4.69, 9.17) is 10.8 Å².